The van der Waals surface area contributed by atoms with E-state index in [-0.39, 0.29) is 5.91 Å². The molecule has 0 radical (unpaired) electrons. The van der Waals surface area contributed by atoms with Crippen molar-refractivity contribution in [1.29, 1.82) is 0 Å². The van der Waals surface area contributed by atoms with E-state index in [4.69, 9.17) is 11.6 Å². The number of carbonyl (C=O) groups is 1. The van der Waals surface area contributed by atoms with Gasteiger partial charge >= 0.3 is 0 Å². The third-order valence-corrected chi connectivity index (χ3v) is 4.57. The number of amides is 1. The Morgan fingerprint density at radius 2 is 2.07 bits per heavy atom. The zero-order valence-electron chi connectivity index (χ0n) is 15.6. The standard InChI is InChI=1S/C21H17ClN6O/c1-3-21(29)25-15-6-7-16-18(9-15)28(12-24-16)20-11-23-10-19(27-20)26-17-8-14(22)5-4-13(17)2/h3-12H,1H2,2H3,(H,25,29)(H,26,27). The van der Waals surface area contributed by atoms with Gasteiger partial charge in [0.1, 0.15) is 6.33 Å². The monoisotopic (exact) mass is 404 g/mol. The fourth-order valence-electron chi connectivity index (χ4n) is 2.86. The van der Waals surface area contributed by atoms with Crippen LogP contribution in [0.1, 0.15) is 5.56 Å². The Morgan fingerprint density at radius 1 is 1.21 bits per heavy atom. The lowest BCUT2D eigenvalue weighted by Gasteiger charge is -2.11. The molecule has 0 aliphatic heterocycles. The molecule has 2 N–H and O–H groups in total. The first-order chi connectivity index (χ1) is 14.0. The Hall–Kier alpha value is -3.71. The fourth-order valence-corrected chi connectivity index (χ4v) is 3.03. The van der Waals surface area contributed by atoms with Gasteiger partial charge in [0.2, 0.25) is 5.91 Å². The van der Waals surface area contributed by atoms with Crippen molar-refractivity contribution in [3.8, 4) is 5.82 Å². The Kier molecular flexibility index (Phi) is 4.97. The van der Waals surface area contributed by atoms with E-state index >= 15 is 0 Å². The summed E-state index contributed by atoms with van der Waals surface area (Å²) < 4.78 is 1.81. The number of carbonyl (C=O) groups excluding carboxylic acids is 1. The van der Waals surface area contributed by atoms with Crippen LogP contribution in [0.5, 0.6) is 0 Å². The Balaban J connectivity index is 1.70. The Bertz CT molecular complexity index is 1230. The zero-order chi connectivity index (χ0) is 20.4. The summed E-state index contributed by atoms with van der Waals surface area (Å²) in [6.07, 6.45) is 6.17. The lowest BCUT2D eigenvalue weighted by Crippen LogP contribution is -2.07. The highest BCUT2D eigenvalue weighted by molar-refractivity contribution is 6.30. The molecule has 0 aliphatic carbocycles. The van der Waals surface area contributed by atoms with E-state index in [1.54, 1.807) is 24.8 Å². The van der Waals surface area contributed by atoms with Crippen molar-refractivity contribution in [3.63, 3.8) is 0 Å². The van der Waals surface area contributed by atoms with Crippen molar-refractivity contribution in [3.05, 3.63) is 78.4 Å². The van der Waals surface area contributed by atoms with Gasteiger partial charge in [0, 0.05) is 16.4 Å². The molecule has 0 spiro atoms. The normalized spacial score (nSPS) is 10.7. The molecule has 7 nitrogen and oxygen atoms in total. The Labute approximate surface area is 172 Å². The molecule has 144 valence electrons. The summed E-state index contributed by atoms with van der Waals surface area (Å²) in [5, 5.41) is 6.63. The maximum absolute atomic E-state index is 11.6. The van der Waals surface area contributed by atoms with E-state index in [2.05, 4.69) is 32.2 Å². The molecule has 0 saturated heterocycles. The number of halogens is 1. The number of nitrogens with zero attached hydrogens (tertiary/aromatic N) is 4. The van der Waals surface area contributed by atoms with Crippen molar-refractivity contribution in [2.24, 2.45) is 0 Å². The van der Waals surface area contributed by atoms with Gasteiger partial charge in [-0.3, -0.25) is 14.3 Å². The maximum atomic E-state index is 11.6. The second-order valence-electron chi connectivity index (χ2n) is 6.36. The first kappa shape index (κ1) is 18.6. The third-order valence-electron chi connectivity index (χ3n) is 4.33. The SMILES string of the molecule is C=CC(=O)Nc1ccc2ncn(-c3cncc(Nc4cc(Cl)ccc4C)n3)c2c1. The zero-order valence-corrected chi connectivity index (χ0v) is 16.3. The fraction of sp³-hybridized carbons (Fsp3) is 0.0476. The van der Waals surface area contributed by atoms with Crippen LogP contribution < -0.4 is 10.6 Å². The molecule has 0 bridgehead atoms. The van der Waals surface area contributed by atoms with Crippen LogP contribution in [0, 0.1) is 6.92 Å². The van der Waals surface area contributed by atoms with Gasteiger partial charge < -0.3 is 10.6 Å². The molecular weight excluding hydrogens is 388 g/mol. The number of imidazole rings is 1. The smallest absolute Gasteiger partial charge is 0.247 e. The van der Waals surface area contributed by atoms with Gasteiger partial charge in [-0.05, 0) is 48.9 Å². The number of rotatable bonds is 5. The van der Waals surface area contributed by atoms with Crippen LogP contribution >= 0.6 is 11.6 Å². The van der Waals surface area contributed by atoms with Crippen molar-refractivity contribution in [2.75, 3.05) is 10.6 Å². The number of fused-ring (bicyclic) bond motifs is 1. The minimum atomic E-state index is -0.279. The molecule has 4 aromatic rings. The van der Waals surface area contributed by atoms with Crippen molar-refractivity contribution in [1.82, 2.24) is 19.5 Å². The van der Waals surface area contributed by atoms with Crippen LogP contribution in [-0.2, 0) is 4.79 Å². The summed E-state index contributed by atoms with van der Waals surface area (Å²) in [7, 11) is 0. The predicted octanol–water partition coefficient (Wildman–Crippen LogP) is 4.65. The molecule has 0 atom stereocenters. The number of hydrogen-bond acceptors (Lipinski definition) is 5. The summed E-state index contributed by atoms with van der Waals surface area (Å²) in [6, 6.07) is 11.1. The average Bonchev–Trinajstić information content (AvgIpc) is 3.14. The summed E-state index contributed by atoms with van der Waals surface area (Å²) in [4.78, 5) is 24.9. The molecule has 8 heteroatoms. The molecule has 2 aromatic heterocycles. The molecule has 2 aromatic carbocycles. The van der Waals surface area contributed by atoms with E-state index in [1.165, 1.54) is 6.08 Å². The van der Waals surface area contributed by atoms with E-state index in [0.717, 1.165) is 22.3 Å². The van der Waals surface area contributed by atoms with Crippen LogP contribution in [-0.4, -0.2) is 25.4 Å². The maximum Gasteiger partial charge on any atom is 0.247 e. The molecule has 2 heterocycles. The van der Waals surface area contributed by atoms with Crippen LogP contribution in [0.15, 0.2) is 67.8 Å². The highest BCUT2D eigenvalue weighted by atomic mass is 35.5. The summed E-state index contributed by atoms with van der Waals surface area (Å²) in [5.74, 6) is 0.883. The van der Waals surface area contributed by atoms with Gasteiger partial charge in [-0.1, -0.05) is 24.2 Å². The van der Waals surface area contributed by atoms with Gasteiger partial charge in [-0.2, -0.15) is 0 Å². The molecule has 0 unspecified atom stereocenters. The number of anilines is 3. The molecule has 1 amide bonds. The van der Waals surface area contributed by atoms with Crippen LogP contribution in [0.2, 0.25) is 5.02 Å². The summed E-state index contributed by atoms with van der Waals surface area (Å²) >= 11 is 6.10. The quantitative estimate of drug-likeness (QED) is 0.473. The highest BCUT2D eigenvalue weighted by Crippen LogP contribution is 2.25. The number of hydrogen-bond donors (Lipinski definition) is 2. The van der Waals surface area contributed by atoms with Crippen LogP contribution in [0.4, 0.5) is 17.2 Å². The molecule has 4 rings (SSSR count). The molecular formula is C21H17ClN6O. The topological polar surface area (TPSA) is 84.7 Å². The van der Waals surface area contributed by atoms with Crippen molar-refractivity contribution < 1.29 is 4.79 Å². The highest BCUT2D eigenvalue weighted by Gasteiger charge is 2.10. The Morgan fingerprint density at radius 3 is 2.90 bits per heavy atom. The first-order valence-electron chi connectivity index (χ1n) is 8.79. The van der Waals surface area contributed by atoms with Gasteiger partial charge in [-0.15, -0.1) is 0 Å². The second-order valence-corrected chi connectivity index (χ2v) is 6.79. The molecule has 0 saturated carbocycles. The van der Waals surface area contributed by atoms with E-state index < -0.39 is 0 Å². The first-order valence-corrected chi connectivity index (χ1v) is 9.17. The van der Waals surface area contributed by atoms with Gasteiger partial charge in [0.25, 0.3) is 0 Å². The van der Waals surface area contributed by atoms with Crippen molar-refractivity contribution in [2.45, 2.75) is 6.92 Å². The van der Waals surface area contributed by atoms with Gasteiger partial charge in [0.15, 0.2) is 11.6 Å². The minimum absolute atomic E-state index is 0.279. The van der Waals surface area contributed by atoms with Gasteiger partial charge in [0.05, 0.1) is 23.4 Å². The number of nitrogens with one attached hydrogen (secondary N) is 2. The molecule has 0 fully saturated rings. The molecule has 0 aliphatic rings. The van der Waals surface area contributed by atoms with Crippen LogP contribution in [0.3, 0.4) is 0 Å². The third kappa shape index (κ3) is 3.95. The minimum Gasteiger partial charge on any atom is -0.339 e. The average molecular weight is 405 g/mol. The lowest BCUT2D eigenvalue weighted by molar-refractivity contribution is -0.111. The summed E-state index contributed by atoms with van der Waals surface area (Å²) in [5.41, 5.74) is 4.09. The van der Waals surface area contributed by atoms with Crippen LogP contribution in [0.25, 0.3) is 16.9 Å². The van der Waals surface area contributed by atoms with Crippen molar-refractivity contribution >= 4 is 45.7 Å². The summed E-state index contributed by atoms with van der Waals surface area (Å²) in [6.45, 7) is 5.45. The van der Waals surface area contributed by atoms with E-state index in [9.17, 15) is 4.79 Å². The largest absolute Gasteiger partial charge is 0.339 e. The van der Waals surface area contributed by atoms with E-state index in [1.807, 2.05) is 41.8 Å². The predicted molar refractivity (Wildman–Crippen MR) is 115 cm³/mol. The van der Waals surface area contributed by atoms with Gasteiger partial charge in [-0.25, -0.2) is 9.97 Å². The molecule has 29 heavy (non-hydrogen) atoms. The second kappa shape index (κ2) is 7.73. The number of aromatic nitrogens is 4. The number of benzene rings is 2. The number of aryl methyl sites for hydroxylation is 1. The lowest BCUT2D eigenvalue weighted by atomic mass is 10.2. The van der Waals surface area contributed by atoms with E-state index in [0.29, 0.717) is 22.3 Å².